The van der Waals surface area contributed by atoms with Gasteiger partial charge in [-0.2, -0.15) is 0 Å². The van der Waals surface area contributed by atoms with Crippen molar-refractivity contribution in [3.63, 3.8) is 0 Å². The first-order valence-electron chi connectivity index (χ1n) is 7.38. The van der Waals surface area contributed by atoms with E-state index >= 15 is 0 Å². The van der Waals surface area contributed by atoms with Crippen LogP contribution in [0.2, 0.25) is 10.0 Å². The van der Waals surface area contributed by atoms with Crippen LogP contribution in [0.1, 0.15) is 21.7 Å². The maximum atomic E-state index is 12.2. The second kappa shape index (κ2) is 7.13. The van der Waals surface area contributed by atoms with Crippen molar-refractivity contribution in [2.75, 3.05) is 0 Å². The van der Waals surface area contributed by atoms with Gasteiger partial charge in [0.15, 0.2) is 5.75 Å². The van der Waals surface area contributed by atoms with Crippen LogP contribution < -0.4 is 5.32 Å². The second-order valence-electron chi connectivity index (χ2n) is 5.44. The molecular formula is C17H14Cl2N4O2. The van der Waals surface area contributed by atoms with Crippen LogP contribution in [0.4, 0.5) is 0 Å². The third-order valence-corrected chi connectivity index (χ3v) is 4.07. The summed E-state index contributed by atoms with van der Waals surface area (Å²) < 4.78 is 1.36. The molecule has 6 nitrogen and oxygen atoms in total. The lowest BCUT2D eigenvalue weighted by Gasteiger charge is -2.05. The minimum absolute atomic E-state index is 0.0213. The molecule has 0 saturated carbocycles. The molecule has 1 heterocycles. The number of phenols is 1. The molecule has 0 radical (unpaired) electrons. The van der Waals surface area contributed by atoms with Gasteiger partial charge in [-0.3, -0.25) is 4.79 Å². The van der Waals surface area contributed by atoms with Crippen molar-refractivity contribution >= 4 is 29.1 Å². The van der Waals surface area contributed by atoms with E-state index in [0.29, 0.717) is 12.2 Å². The van der Waals surface area contributed by atoms with Crippen LogP contribution in [0.5, 0.6) is 5.75 Å². The van der Waals surface area contributed by atoms with Gasteiger partial charge in [0.1, 0.15) is 6.33 Å². The van der Waals surface area contributed by atoms with E-state index in [1.165, 1.54) is 23.1 Å². The van der Waals surface area contributed by atoms with Gasteiger partial charge in [0, 0.05) is 6.54 Å². The van der Waals surface area contributed by atoms with Crippen LogP contribution in [-0.4, -0.2) is 25.8 Å². The van der Waals surface area contributed by atoms with Gasteiger partial charge in [-0.05, 0) is 24.6 Å². The molecule has 8 heteroatoms. The van der Waals surface area contributed by atoms with Crippen LogP contribution >= 0.6 is 23.2 Å². The molecular weight excluding hydrogens is 363 g/mol. The minimum atomic E-state index is -0.392. The van der Waals surface area contributed by atoms with E-state index in [9.17, 15) is 9.90 Å². The number of benzene rings is 2. The molecule has 2 aromatic carbocycles. The zero-order chi connectivity index (χ0) is 18.0. The molecule has 0 aliphatic heterocycles. The van der Waals surface area contributed by atoms with Crippen LogP contribution in [0.25, 0.3) is 5.69 Å². The number of carbonyl (C=O) groups excluding carboxylic acids is 1. The Morgan fingerprint density at radius 2 is 1.96 bits per heavy atom. The number of amides is 1. The molecule has 0 aliphatic rings. The van der Waals surface area contributed by atoms with Gasteiger partial charge in [0.25, 0.3) is 5.91 Å². The van der Waals surface area contributed by atoms with E-state index in [0.717, 1.165) is 11.1 Å². The molecule has 0 aliphatic carbocycles. The number of hydrogen-bond donors (Lipinski definition) is 2. The van der Waals surface area contributed by atoms with E-state index in [1.54, 1.807) is 0 Å². The van der Waals surface area contributed by atoms with Crippen LogP contribution in [0, 0.1) is 6.92 Å². The Hall–Kier alpha value is -2.57. The first-order chi connectivity index (χ1) is 11.9. The summed E-state index contributed by atoms with van der Waals surface area (Å²) in [6.07, 6.45) is 1.38. The van der Waals surface area contributed by atoms with Crippen molar-refractivity contribution in [1.82, 2.24) is 20.1 Å². The topological polar surface area (TPSA) is 80.0 Å². The smallest absolute Gasteiger partial charge is 0.291 e. The Morgan fingerprint density at radius 3 is 2.64 bits per heavy atom. The fraction of sp³-hybridized carbons (Fsp3) is 0.118. The average molecular weight is 377 g/mol. The second-order valence-corrected chi connectivity index (χ2v) is 6.26. The summed E-state index contributed by atoms with van der Waals surface area (Å²) in [5.74, 6) is -0.576. The largest absolute Gasteiger partial charge is 0.505 e. The highest BCUT2D eigenvalue weighted by Crippen LogP contribution is 2.33. The normalized spacial score (nSPS) is 10.7. The summed E-state index contributed by atoms with van der Waals surface area (Å²) in [5.41, 5.74) is 2.60. The van der Waals surface area contributed by atoms with Crippen molar-refractivity contribution in [1.29, 1.82) is 0 Å². The van der Waals surface area contributed by atoms with E-state index in [-0.39, 0.29) is 21.6 Å². The number of carbonyl (C=O) groups is 1. The van der Waals surface area contributed by atoms with Crippen molar-refractivity contribution in [2.24, 2.45) is 0 Å². The SMILES string of the molecule is Cc1cccc(CNC(=O)c2ncn(-c3cc(Cl)c(O)c(Cl)c3)n2)c1. The van der Waals surface area contributed by atoms with Gasteiger partial charge < -0.3 is 10.4 Å². The van der Waals surface area contributed by atoms with E-state index in [4.69, 9.17) is 23.2 Å². The summed E-state index contributed by atoms with van der Waals surface area (Å²) in [5, 5.41) is 16.7. The van der Waals surface area contributed by atoms with Gasteiger partial charge >= 0.3 is 0 Å². The highest BCUT2D eigenvalue weighted by Gasteiger charge is 2.14. The number of halogens is 2. The van der Waals surface area contributed by atoms with E-state index < -0.39 is 5.91 Å². The monoisotopic (exact) mass is 376 g/mol. The fourth-order valence-corrected chi connectivity index (χ4v) is 2.73. The Labute approximate surface area is 154 Å². The Bertz CT molecular complexity index is 917. The minimum Gasteiger partial charge on any atom is -0.505 e. The van der Waals surface area contributed by atoms with Crippen LogP contribution in [-0.2, 0) is 6.54 Å². The Morgan fingerprint density at radius 1 is 1.24 bits per heavy atom. The van der Waals surface area contributed by atoms with E-state index in [2.05, 4.69) is 15.4 Å². The van der Waals surface area contributed by atoms with E-state index in [1.807, 2.05) is 31.2 Å². The summed E-state index contributed by atoms with van der Waals surface area (Å²) in [6.45, 7) is 2.37. The van der Waals surface area contributed by atoms with Gasteiger partial charge in [0.2, 0.25) is 5.82 Å². The highest BCUT2D eigenvalue weighted by atomic mass is 35.5. The number of aromatic nitrogens is 3. The molecule has 3 rings (SSSR count). The third kappa shape index (κ3) is 3.92. The molecule has 1 amide bonds. The standard InChI is InChI=1S/C17H14Cl2N4O2/c1-10-3-2-4-11(5-10)8-20-17(25)16-21-9-23(22-16)12-6-13(18)15(24)14(19)7-12/h2-7,9,24H,8H2,1H3,(H,20,25). The maximum Gasteiger partial charge on any atom is 0.291 e. The molecule has 0 atom stereocenters. The van der Waals surface area contributed by atoms with Crippen LogP contribution in [0.15, 0.2) is 42.7 Å². The number of aromatic hydroxyl groups is 1. The molecule has 0 saturated heterocycles. The zero-order valence-corrected chi connectivity index (χ0v) is 14.7. The lowest BCUT2D eigenvalue weighted by Crippen LogP contribution is -2.24. The number of nitrogens with zero attached hydrogens (tertiary/aromatic N) is 3. The van der Waals surface area contributed by atoms with Gasteiger partial charge in [-0.1, -0.05) is 53.0 Å². The molecule has 0 fully saturated rings. The predicted octanol–water partition coefficient (Wildman–Crippen LogP) is 3.52. The zero-order valence-electron chi connectivity index (χ0n) is 13.2. The molecule has 0 bridgehead atoms. The van der Waals surface area contributed by atoms with Gasteiger partial charge in [-0.25, -0.2) is 9.67 Å². The molecule has 1 aromatic heterocycles. The summed E-state index contributed by atoms with van der Waals surface area (Å²) in [6, 6.07) is 10.8. The fourth-order valence-electron chi connectivity index (χ4n) is 2.26. The van der Waals surface area contributed by atoms with Crippen LogP contribution in [0.3, 0.4) is 0 Å². The molecule has 3 aromatic rings. The lowest BCUT2D eigenvalue weighted by molar-refractivity contribution is 0.0940. The molecule has 0 unspecified atom stereocenters. The number of aryl methyl sites for hydroxylation is 1. The lowest BCUT2D eigenvalue weighted by atomic mass is 10.1. The Kier molecular flexibility index (Phi) is 4.92. The number of nitrogens with one attached hydrogen (secondary N) is 1. The van der Waals surface area contributed by atoms with Crippen molar-refractivity contribution < 1.29 is 9.90 Å². The molecule has 0 spiro atoms. The number of hydrogen-bond acceptors (Lipinski definition) is 4. The average Bonchev–Trinajstić information content (AvgIpc) is 3.07. The summed E-state index contributed by atoms with van der Waals surface area (Å²) in [7, 11) is 0. The summed E-state index contributed by atoms with van der Waals surface area (Å²) in [4.78, 5) is 16.2. The quantitative estimate of drug-likeness (QED) is 0.729. The van der Waals surface area contributed by atoms with Gasteiger partial charge in [0.05, 0.1) is 15.7 Å². The predicted molar refractivity (Wildman–Crippen MR) is 95.4 cm³/mol. The number of phenolic OH excluding ortho intramolecular Hbond substituents is 1. The highest BCUT2D eigenvalue weighted by molar-refractivity contribution is 6.37. The molecule has 25 heavy (non-hydrogen) atoms. The van der Waals surface area contributed by atoms with Gasteiger partial charge in [-0.15, -0.1) is 5.10 Å². The number of rotatable bonds is 4. The van der Waals surface area contributed by atoms with Crippen molar-refractivity contribution in [2.45, 2.75) is 13.5 Å². The third-order valence-electron chi connectivity index (χ3n) is 3.50. The molecule has 2 N–H and O–H groups in total. The first-order valence-corrected chi connectivity index (χ1v) is 8.13. The Balaban J connectivity index is 1.73. The van der Waals surface area contributed by atoms with Crippen molar-refractivity contribution in [3.8, 4) is 11.4 Å². The molecule has 128 valence electrons. The van der Waals surface area contributed by atoms with Crippen molar-refractivity contribution in [3.05, 3.63) is 69.7 Å². The summed E-state index contributed by atoms with van der Waals surface area (Å²) >= 11 is 11.8. The maximum absolute atomic E-state index is 12.2. The first kappa shape index (κ1) is 17.3.